The minimum Gasteiger partial charge on any atom is -0.252 e. The fourth-order valence-electron chi connectivity index (χ4n) is 1.11. The quantitative estimate of drug-likeness (QED) is 0.752. The van der Waals surface area contributed by atoms with Crippen LogP contribution in [0.15, 0.2) is 42.7 Å². The molecule has 2 rings (SSSR count). The number of hydrogen-bond acceptors (Lipinski definition) is 2. The summed E-state index contributed by atoms with van der Waals surface area (Å²) in [6.45, 7) is 0. The molecule has 2 nitrogen and oxygen atoms in total. The molecular formula is C10H7IN2. The van der Waals surface area contributed by atoms with Gasteiger partial charge in [0, 0.05) is 18.0 Å². The average molecular weight is 282 g/mol. The molecule has 0 saturated carbocycles. The van der Waals surface area contributed by atoms with Crippen molar-refractivity contribution in [2.24, 2.45) is 0 Å². The number of hydrogen-bond donors (Lipinski definition) is 0. The smallest absolute Gasteiger partial charge is 0.127 e. The minimum absolute atomic E-state index is 0.936. The molecule has 0 unspecified atom stereocenters. The summed E-state index contributed by atoms with van der Waals surface area (Å²) in [5.74, 6) is 0. The van der Waals surface area contributed by atoms with Gasteiger partial charge in [-0.05, 0) is 22.6 Å². The average Bonchev–Trinajstić information content (AvgIpc) is 2.20. The van der Waals surface area contributed by atoms with Crippen molar-refractivity contribution in [3.05, 3.63) is 46.4 Å². The number of nitrogens with zero attached hydrogens (tertiary/aromatic N) is 2. The maximum atomic E-state index is 4.28. The summed E-state index contributed by atoms with van der Waals surface area (Å²) in [7, 11) is 0. The fourth-order valence-corrected chi connectivity index (χ4v) is 1.72. The van der Waals surface area contributed by atoms with Crippen LogP contribution in [0.2, 0.25) is 0 Å². The van der Waals surface area contributed by atoms with Crippen LogP contribution in [0.5, 0.6) is 0 Å². The van der Waals surface area contributed by atoms with E-state index in [9.17, 15) is 0 Å². The molecule has 0 aliphatic rings. The molecule has 2 aromatic rings. The minimum atomic E-state index is 0.936. The summed E-state index contributed by atoms with van der Waals surface area (Å²) in [4.78, 5) is 8.46. The van der Waals surface area contributed by atoms with Crippen LogP contribution in [-0.4, -0.2) is 9.97 Å². The summed E-state index contributed by atoms with van der Waals surface area (Å²) in [6.07, 6.45) is 3.42. The van der Waals surface area contributed by atoms with Gasteiger partial charge in [-0.25, -0.2) is 4.98 Å². The van der Waals surface area contributed by atoms with Crippen LogP contribution in [0.4, 0.5) is 0 Å². The lowest BCUT2D eigenvalue weighted by molar-refractivity contribution is 1.17. The van der Waals surface area contributed by atoms with Crippen LogP contribution in [0.25, 0.3) is 11.3 Å². The zero-order chi connectivity index (χ0) is 9.10. The Hall–Kier alpha value is -0.970. The molecule has 0 atom stereocenters. The number of benzene rings is 1. The van der Waals surface area contributed by atoms with Gasteiger partial charge in [-0.2, -0.15) is 0 Å². The van der Waals surface area contributed by atoms with Crippen molar-refractivity contribution in [1.29, 1.82) is 0 Å². The van der Waals surface area contributed by atoms with Gasteiger partial charge >= 0.3 is 0 Å². The molecule has 1 aromatic heterocycles. The standard InChI is InChI=1S/C10H7IN2/c11-10-9(12-6-7-13-10)8-4-2-1-3-5-8/h1-7H. The Balaban J connectivity index is 2.54. The second-order valence-electron chi connectivity index (χ2n) is 2.56. The number of aromatic nitrogens is 2. The molecule has 13 heavy (non-hydrogen) atoms. The molecule has 3 heteroatoms. The zero-order valence-corrected chi connectivity index (χ0v) is 8.97. The van der Waals surface area contributed by atoms with E-state index in [1.807, 2.05) is 30.3 Å². The lowest BCUT2D eigenvalue weighted by Crippen LogP contribution is -1.89. The maximum absolute atomic E-state index is 4.28. The number of halogens is 1. The highest BCUT2D eigenvalue weighted by atomic mass is 127. The van der Waals surface area contributed by atoms with E-state index >= 15 is 0 Å². The first-order valence-corrected chi connectivity index (χ1v) is 4.98. The summed E-state index contributed by atoms with van der Waals surface area (Å²) in [5.41, 5.74) is 2.06. The zero-order valence-electron chi connectivity index (χ0n) is 6.81. The van der Waals surface area contributed by atoms with Gasteiger partial charge in [0.1, 0.15) is 9.39 Å². The molecule has 0 aliphatic carbocycles. The molecule has 0 bridgehead atoms. The molecule has 0 fully saturated rings. The molecule has 0 radical (unpaired) electrons. The van der Waals surface area contributed by atoms with E-state index in [0.29, 0.717) is 0 Å². The molecule has 1 aromatic carbocycles. The molecular weight excluding hydrogens is 275 g/mol. The topological polar surface area (TPSA) is 25.8 Å². The predicted molar refractivity (Wildman–Crippen MR) is 60.2 cm³/mol. The van der Waals surface area contributed by atoms with Gasteiger partial charge < -0.3 is 0 Å². The van der Waals surface area contributed by atoms with Gasteiger partial charge in [0.25, 0.3) is 0 Å². The third-order valence-electron chi connectivity index (χ3n) is 1.70. The van der Waals surface area contributed by atoms with Gasteiger partial charge in [-0.3, -0.25) is 4.98 Å². The van der Waals surface area contributed by atoms with Gasteiger partial charge in [0.05, 0.1) is 0 Å². The van der Waals surface area contributed by atoms with Crippen LogP contribution in [0.3, 0.4) is 0 Å². The summed E-state index contributed by atoms with van der Waals surface area (Å²) in [5, 5.41) is 0. The van der Waals surface area contributed by atoms with Gasteiger partial charge in [0.15, 0.2) is 0 Å². The Labute approximate surface area is 90.2 Å². The first kappa shape index (κ1) is 8.62. The van der Waals surface area contributed by atoms with Crippen LogP contribution >= 0.6 is 22.6 Å². The van der Waals surface area contributed by atoms with Crippen LogP contribution in [0.1, 0.15) is 0 Å². The Bertz CT molecular complexity index is 401. The molecule has 0 aliphatic heterocycles. The van der Waals surface area contributed by atoms with Crippen molar-refractivity contribution in [1.82, 2.24) is 9.97 Å². The largest absolute Gasteiger partial charge is 0.252 e. The second kappa shape index (κ2) is 3.83. The van der Waals surface area contributed by atoms with E-state index in [1.54, 1.807) is 12.4 Å². The van der Waals surface area contributed by atoms with Crippen LogP contribution in [-0.2, 0) is 0 Å². The highest BCUT2D eigenvalue weighted by molar-refractivity contribution is 14.1. The van der Waals surface area contributed by atoms with E-state index in [4.69, 9.17) is 0 Å². The van der Waals surface area contributed by atoms with Crippen molar-refractivity contribution in [2.75, 3.05) is 0 Å². The van der Waals surface area contributed by atoms with E-state index < -0.39 is 0 Å². The Morgan fingerprint density at radius 1 is 0.923 bits per heavy atom. The lowest BCUT2D eigenvalue weighted by atomic mass is 10.2. The SMILES string of the molecule is Ic1nccnc1-c1ccccc1. The Kier molecular flexibility index (Phi) is 2.54. The van der Waals surface area contributed by atoms with Crippen LogP contribution < -0.4 is 0 Å². The molecule has 0 spiro atoms. The highest BCUT2D eigenvalue weighted by Gasteiger charge is 2.02. The summed E-state index contributed by atoms with van der Waals surface area (Å²) >= 11 is 2.19. The van der Waals surface area contributed by atoms with E-state index in [2.05, 4.69) is 32.6 Å². The predicted octanol–water partition coefficient (Wildman–Crippen LogP) is 2.75. The third kappa shape index (κ3) is 1.85. The highest BCUT2D eigenvalue weighted by Crippen LogP contribution is 2.19. The summed E-state index contributed by atoms with van der Waals surface area (Å²) < 4.78 is 0.936. The molecule has 0 saturated heterocycles. The van der Waals surface area contributed by atoms with E-state index in [-0.39, 0.29) is 0 Å². The Morgan fingerprint density at radius 3 is 2.31 bits per heavy atom. The second-order valence-corrected chi connectivity index (χ2v) is 3.58. The van der Waals surface area contributed by atoms with Gasteiger partial charge in [-0.1, -0.05) is 30.3 Å². The molecule has 0 amide bonds. The van der Waals surface area contributed by atoms with Crippen LogP contribution in [0, 0.1) is 3.70 Å². The monoisotopic (exact) mass is 282 g/mol. The van der Waals surface area contributed by atoms with Crippen molar-refractivity contribution in [2.45, 2.75) is 0 Å². The van der Waals surface area contributed by atoms with Crippen molar-refractivity contribution in [3.8, 4) is 11.3 Å². The van der Waals surface area contributed by atoms with Crippen molar-refractivity contribution in [3.63, 3.8) is 0 Å². The fraction of sp³-hybridized carbons (Fsp3) is 0. The third-order valence-corrected chi connectivity index (χ3v) is 2.49. The lowest BCUT2D eigenvalue weighted by Gasteiger charge is -2.00. The first-order chi connectivity index (χ1) is 6.38. The normalized spacial score (nSPS) is 9.92. The number of rotatable bonds is 1. The van der Waals surface area contributed by atoms with Gasteiger partial charge in [-0.15, -0.1) is 0 Å². The van der Waals surface area contributed by atoms with Crippen molar-refractivity contribution >= 4 is 22.6 Å². The molecule has 0 N–H and O–H groups in total. The Morgan fingerprint density at radius 2 is 1.62 bits per heavy atom. The van der Waals surface area contributed by atoms with E-state index in [0.717, 1.165) is 15.0 Å². The molecule has 1 heterocycles. The van der Waals surface area contributed by atoms with E-state index in [1.165, 1.54) is 0 Å². The maximum Gasteiger partial charge on any atom is 0.127 e. The van der Waals surface area contributed by atoms with Gasteiger partial charge in [0.2, 0.25) is 0 Å². The first-order valence-electron chi connectivity index (χ1n) is 3.90. The summed E-state index contributed by atoms with van der Waals surface area (Å²) in [6, 6.07) is 10.1. The molecule has 64 valence electrons. The van der Waals surface area contributed by atoms with Crippen molar-refractivity contribution < 1.29 is 0 Å².